The highest BCUT2D eigenvalue weighted by molar-refractivity contribution is 7.89. The van der Waals surface area contributed by atoms with Gasteiger partial charge >= 0.3 is 6.36 Å². The van der Waals surface area contributed by atoms with Crippen molar-refractivity contribution in [3.8, 4) is 5.75 Å². The van der Waals surface area contributed by atoms with Crippen LogP contribution in [0.25, 0.3) is 0 Å². The van der Waals surface area contributed by atoms with E-state index in [0.717, 1.165) is 40.8 Å². The second-order valence-corrected chi connectivity index (χ2v) is 9.54. The van der Waals surface area contributed by atoms with Gasteiger partial charge in [0.15, 0.2) is 11.6 Å². The number of nitrogens with zero attached hydrogens (tertiary/aromatic N) is 2. The summed E-state index contributed by atoms with van der Waals surface area (Å²) in [6.07, 6.45) is -3.39. The lowest BCUT2D eigenvalue weighted by molar-refractivity contribution is -0.325. The number of sulfonamides is 1. The highest BCUT2D eigenvalue weighted by Crippen LogP contribution is 2.31. The van der Waals surface area contributed by atoms with Gasteiger partial charge in [0.2, 0.25) is 15.9 Å². The molecule has 2 aromatic rings. The summed E-state index contributed by atoms with van der Waals surface area (Å²) in [7, 11) is -4.09. The molecular formula is C21H22F5N3O5S. The topological polar surface area (TPSA) is 97.8 Å². The van der Waals surface area contributed by atoms with Crippen molar-refractivity contribution in [1.82, 2.24) is 14.6 Å². The highest BCUT2D eigenvalue weighted by Gasteiger charge is 2.43. The Morgan fingerprint density at radius 2 is 1.86 bits per heavy atom. The summed E-state index contributed by atoms with van der Waals surface area (Å²) in [6.45, 7) is 0.00378. The first-order valence-electron chi connectivity index (χ1n) is 10.4. The van der Waals surface area contributed by atoms with Crippen LogP contribution in [0.3, 0.4) is 0 Å². The van der Waals surface area contributed by atoms with Crippen molar-refractivity contribution in [2.45, 2.75) is 49.7 Å². The number of carbonyl (C=O) groups excluding carboxylic acids is 1. The van der Waals surface area contributed by atoms with Gasteiger partial charge in [0.05, 0.1) is 29.9 Å². The Balaban J connectivity index is 1.64. The molecule has 1 aliphatic heterocycles. The minimum atomic E-state index is -4.84. The van der Waals surface area contributed by atoms with Crippen molar-refractivity contribution >= 4 is 15.9 Å². The summed E-state index contributed by atoms with van der Waals surface area (Å²) in [5.41, 5.74) is 0.130. The summed E-state index contributed by atoms with van der Waals surface area (Å²) >= 11 is 0. The van der Waals surface area contributed by atoms with Gasteiger partial charge in [-0.15, -0.1) is 13.2 Å². The number of hydrogen-bond acceptors (Lipinski definition) is 6. The van der Waals surface area contributed by atoms with Gasteiger partial charge in [-0.2, -0.15) is 4.31 Å². The fourth-order valence-electron chi connectivity index (χ4n) is 3.61. The minimum absolute atomic E-state index is 0.130. The third-order valence-corrected chi connectivity index (χ3v) is 7.26. The van der Waals surface area contributed by atoms with Gasteiger partial charge in [-0.25, -0.2) is 17.2 Å². The predicted octanol–water partition coefficient (Wildman–Crippen LogP) is 3.13. The molecule has 1 fully saturated rings. The maximum atomic E-state index is 13.9. The van der Waals surface area contributed by atoms with Crippen molar-refractivity contribution in [3.05, 3.63) is 53.9 Å². The van der Waals surface area contributed by atoms with E-state index in [0.29, 0.717) is 6.42 Å². The van der Waals surface area contributed by atoms with Crippen molar-refractivity contribution < 1.29 is 44.6 Å². The summed E-state index contributed by atoms with van der Waals surface area (Å²) in [5.74, 6) is -2.53. The summed E-state index contributed by atoms with van der Waals surface area (Å²) in [5, 5.41) is 2.54. The van der Waals surface area contributed by atoms with E-state index in [1.165, 1.54) is 0 Å². The molecule has 35 heavy (non-hydrogen) atoms. The number of aromatic nitrogens is 1. The van der Waals surface area contributed by atoms with Gasteiger partial charge in [-0.3, -0.25) is 14.5 Å². The van der Waals surface area contributed by atoms with Crippen molar-refractivity contribution in [1.29, 1.82) is 0 Å². The quantitative estimate of drug-likeness (QED) is 0.401. The van der Waals surface area contributed by atoms with Crippen molar-refractivity contribution in [3.63, 3.8) is 0 Å². The van der Waals surface area contributed by atoms with Gasteiger partial charge in [0.1, 0.15) is 18.5 Å². The van der Waals surface area contributed by atoms with E-state index in [4.69, 9.17) is 4.74 Å². The zero-order chi connectivity index (χ0) is 25.8. The zero-order valence-corrected chi connectivity index (χ0v) is 19.2. The number of nitrogens with one attached hydrogen (secondary N) is 1. The number of hydrogen-bond donors (Lipinski definition) is 1. The lowest BCUT2D eigenvalue weighted by Gasteiger charge is -2.27. The van der Waals surface area contributed by atoms with Gasteiger partial charge < -0.3 is 10.1 Å². The molecule has 1 aliphatic rings. The van der Waals surface area contributed by atoms with E-state index in [1.807, 2.05) is 0 Å². The maximum Gasteiger partial charge on any atom is 0.522 e. The molecule has 0 radical (unpaired) electrons. The molecule has 1 saturated heterocycles. The molecule has 1 amide bonds. The van der Waals surface area contributed by atoms with E-state index in [-0.39, 0.29) is 29.3 Å². The Kier molecular flexibility index (Phi) is 8.28. The van der Waals surface area contributed by atoms with Crippen LogP contribution in [0.4, 0.5) is 22.0 Å². The van der Waals surface area contributed by atoms with Crippen LogP contribution in [-0.2, 0) is 26.1 Å². The second-order valence-electron chi connectivity index (χ2n) is 7.70. The molecule has 1 aromatic carbocycles. The van der Waals surface area contributed by atoms with Crippen LogP contribution in [-0.4, -0.2) is 55.3 Å². The Bertz CT molecular complexity index is 1150. The first-order valence-corrected chi connectivity index (χ1v) is 11.9. The average Bonchev–Trinajstić information content (AvgIpc) is 3.18. The van der Waals surface area contributed by atoms with Crippen LogP contribution < -0.4 is 10.1 Å². The highest BCUT2D eigenvalue weighted by atomic mass is 32.2. The monoisotopic (exact) mass is 523 g/mol. The number of rotatable bonds is 9. The van der Waals surface area contributed by atoms with E-state index < -0.39 is 59.2 Å². The molecule has 1 aromatic heterocycles. The Labute approximate surface area is 198 Å². The molecule has 1 N–H and O–H groups in total. The molecule has 0 unspecified atom stereocenters. The zero-order valence-electron chi connectivity index (χ0n) is 18.4. The standard InChI is InChI=1S/C21H22F5N3O5S/c1-13-2-7-18(29(13)35(31,32)16-5-3-14(22)4-6-16)20(30)28-11-15-10-19(17(23)12-27-15)33-8-9-34-21(24,25)26/h3-6,10,12-13,18H,2,7-9,11H2,1H3,(H,28,30)/t13-,18-/m0/s1. The van der Waals surface area contributed by atoms with E-state index in [2.05, 4.69) is 15.0 Å². The molecule has 0 bridgehead atoms. The second kappa shape index (κ2) is 10.8. The first-order chi connectivity index (χ1) is 16.4. The summed E-state index contributed by atoms with van der Waals surface area (Å²) in [4.78, 5) is 16.5. The maximum absolute atomic E-state index is 13.9. The molecule has 2 atom stereocenters. The molecule has 0 aliphatic carbocycles. The largest absolute Gasteiger partial charge is 0.522 e. The Morgan fingerprint density at radius 3 is 2.51 bits per heavy atom. The number of amides is 1. The molecule has 2 heterocycles. The van der Waals surface area contributed by atoms with E-state index in [9.17, 15) is 35.2 Å². The molecule has 192 valence electrons. The lowest BCUT2D eigenvalue weighted by atomic mass is 10.2. The number of carbonyl (C=O) groups is 1. The van der Waals surface area contributed by atoms with Crippen LogP contribution in [0.15, 0.2) is 41.4 Å². The van der Waals surface area contributed by atoms with E-state index in [1.54, 1.807) is 6.92 Å². The van der Waals surface area contributed by atoms with Gasteiger partial charge in [-0.05, 0) is 44.0 Å². The van der Waals surface area contributed by atoms with Crippen LogP contribution in [0.1, 0.15) is 25.5 Å². The van der Waals surface area contributed by atoms with Crippen LogP contribution in [0.5, 0.6) is 5.75 Å². The summed E-state index contributed by atoms with van der Waals surface area (Å²) < 4.78 is 98.8. The van der Waals surface area contributed by atoms with Crippen molar-refractivity contribution in [2.24, 2.45) is 0 Å². The van der Waals surface area contributed by atoms with E-state index >= 15 is 0 Å². The molecule has 3 rings (SSSR count). The van der Waals surface area contributed by atoms with Crippen molar-refractivity contribution in [2.75, 3.05) is 13.2 Å². The molecule has 0 saturated carbocycles. The Morgan fingerprint density at radius 1 is 1.17 bits per heavy atom. The van der Waals surface area contributed by atoms with Gasteiger partial charge in [0, 0.05) is 12.1 Å². The number of benzene rings is 1. The minimum Gasteiger partial charge on any atom is -0.488 e. The number of alkyl halides is 3. The number of halogens is 5. The van der Waals surface area contributed by atoms with Crippen LogP contribution >= 0.6 is 0 Å². The first kappa shape index (κ1) is 26.8. The fourth-order valence-corrected chi connectivity index (χ4v) is 5.45. The van der Waals surface area contributed by atoms with Gasteiger partial charge in [0.25, 0.3) is 0 Å². The number of ether oxygens (including phenoxy) is 2. The number of pyridine rings is 1. The van der Waals surface area contributed by atoms with Crippen LogP contribution in [0, 0.1) is 11.6 Å². The third kappa shape index (κ3) is 6.86. The third-order valence-electron chi connectivity index (χ3n) is 5.22. The smallest absolute Gasteiger partial charge is 0.488 e. The summed E-state index contributed by atoms with van der Waals surface area (Å²) in [6, 6.07) is 3.85. The van der Waals surface area contributed by atoms with Crippen LogP contribution in [0.2, 0.25) is 0 Å². The normalized spacial score (nSPS) is 19.0. The fraction of sp³-hybridized carbons (Fsp3) is 0.429. The lowest BCUT2D eigenvalue weighted by Crippen LogP contribution is -2.48. The predicted molar refractivity (Wildman–Crippen MR) is 111 cm³/mol. The molecule has 0 spiro atoms. The average molecular weight is 523 g/mol. The molecule has 8 nitrogen and oxygen atoms in total. The SMILES string of the molecule is C[C@H]1CC[C@@H](C(=O)NCc2cc(OCCOC(F)(F)F)c(F)cn2)N1S(=O)(=O)c1ccc(F)cc1. The Hall–Kier alpha value is -2.84. The van der Waals surface area contributed by atoms with Gasteiger partial charge in [-0.1, -0.05) is 0 Å². The molecular weight excluding hydrogens is 501 g/mol. The molecule has 14 heteroatoms.